The molecule has 3 aromatic carbocycles. The highest BCUT2D eigenvalue weighted by molar-refractivity contribution is 5.84. The molecule has 0 saturated heterocycles. The van der Waals surface area contributed by atoms with Crippen molar-refractivity contribution in [3.05, 3.63) is 90.0 Å². The summed E-state index contributed by atoms with van der Waals surface area (Å²) in [6.45, 7) is -5.78. The summed E-state index contributed by atoms with van der Waals surface area (Å²) in [4.78, 5) is 0. The summed E-state index contributed by atoms with van der Waals surface area (Å²) in [5.41, 5.74) is 1.96. The minimum Gasteiger partial charge on any atom is -0.435 e. The topological polar surface area (TPSA) is 34.1 Å². The van der Waals surface area contributed by atoms with Crippen LogP contribution in [0.15, 0.2) is 84.0 Å². The van der Waals surface area contributed by atoms with Crippen molar-refractivity contribution in [1.82, 2.24) is 0 Å². The number of para-hydroxylation sites is 1. The SMILES string of the molecule is FC(F)Oc1ccc(C=NN(Cc2ccccc2)c2ccccc2)c(OC(F)F)c1. The van der Waals surface area contributed by atoms with E-state index in [2.05, 4.69) is 14.6 Å². The molecule has 0 bridgehead atoms. The lowest BCUT2D eigenvalue weighted by Crippen LogP contribution is -2.16. The summed E-state index contributed by atoms with van der Waals surface area (Å²) in [7, 11) is 0. The maximum absolute atomic E-state index is 12.8. The third kappa shape index (κ3) is 6.23. The quantitative estimate of drug-likeness (QED) is 0.245. The van der Waals surface area contributed by atoms with E-state index < -0.39 is 13.2 Å². The number of hydrazone groups is 1. The van der Waals surface area contributed by atoms with E-state index in [1.165, 1.54) is 18.3 Å². The smallest absolute Gasteiger partial charge is 0.387 e. The lowest BCUT2D eigenvalue weighted by atomic mass is 10.2. The lowest BCUT2D eigenvalue weighted by molar-refractivity contribution is -0.0543. The number of ether oxygens (including phenoxy) is 2. The predicted octanol–water partition coefficient (Wildman–Crippen LogP) is 5.93. The van der Waals surface area contributed by atoms with Gasteiger partial charge in [-0.1, -0.05) is 48.5 Å². The second-order valence-corrected chi connectivity index (χ2v) is 6.08. The van der Waals surface area contributed by atoms with E-state index in [0.29, 0.717) is 6.54 Å². The minimum atomic E-state index is -3.13. The highest BCUT2D eigenvalue weighted by Crippen LogP contribution is 2.27. The van der Waals surface area contributed by atoms with E-state index in [0.717, 1.165) is 17.3 Å². The Labute approximate surface area is 171 Å². The average Bonchev–Trinajstić information content (AvgIpc) is 2.73. The summed E-state index contributed by atoms with van der Waals surface area (Å²) in [5.74, 6) is -0.610. The van der Waals surface area contributed by atoms with Crippen LogP contribution in [0.3, 0.4) is 0 Å². The standard InChI is InChI=1S/C22H18F4N2O2/c23-21(24)29-19-12-11-17(20(13-19)30-22(25)26)14-27-28(18-9-5-2-6-10-18)15-16-7-3-1-4-8-16/h1-14,21-22H,15H2. The first-order valence-electron chi connectivity index (χ1n) is 8.95. The van der Waals surface area contributed by atoms with Gasteiger partial charge in [-0.05, 0) is 29.8 Å². The zero-order valence-electron chi connectivity index (χ0n) is 15.7. The van der Waals surface area contributed by atoms with E-state index in [1.54, 1.807) is 5.01 Å². The molecule has 0 heterocycles. The van der Waals surface area contributed by atoms with Crippen LogP contribution in [0.2, 0.25) is 0 Å². The van der Waals surface area contributed by atoms with Gasteiger partial charge in [-0.3, -0.25) is 5.01 Å². The molecular weight excluding hydrogens is 400 g/mol. The van der Waals surface area contributed by atoms with Crippen LogP contribution in [0.25, 0.3) is 0 Å². The van der Waals surface area contributed by atoms with Crippen molar-refractivity contribution in [2.75, 3.05) is 5.01 Å². The van der Waals surface area contributed by atoms with Crippen molar-refractivity contribution in [2.24, 2.45) is 5.10 Å². The number of halogens is 4. The lowest BCUT2D eigenvalue weighted by Gasteiger charge is -2.19. The second kappa shape index (κ2) is 10.3. The molecule has 30 heavy (non-hydrogen) atoms. The molecule has 0 N–H and O–H groups in total. The zero-order chi connectivity index (χ0) is 21.3. The number of hydrogen-bond donors (Lipinski definition) is 0. The fourth-order valence-electron chi connectivity index (χ4n) is 2.68. The minimum absolute atomic E-state index is 0.186. The predicted molar refractivity (Wildman–Crippen MR) is 106 cm³/mol. The summed E-state index contributed by atoms with van der Waals surface area (Å²) in [6.07, 6.45) is 1.33. The van der Waals surface area contributed by atoms with Gasteiger partial charge in [0.05, 0.1) is 18.4 Å². The maximum Gasteiger partial charge on any atom is 0.387 e. The van der Waals surface area contributed by atoms with Gasteiger partial charge in [0.25, 0.3) is 0 Å². The van der Waals surface area contributed by atoms with Crippen molar-refractivity contribution in [1.29, 1.82) is 0 Å². The van der Waals surface area contributed by atoms with Crippen LogP contribution in [0, 0.1) is 0 Å². The first-order chi connectivity index (χ1) is 14.5. The summed E-state index contributed by atoms with van der Waals surface area (Å²) < 4.78 is 59.1. The molecule has 4 nitrogen and oxygen atoms in total. The molecule has 0 spiro atoms. The number of anilines is 1. The van der Waals surface area contributed by atoms with Gasteiger partial charge in [-0.25, -0.2) is 0 Å². The summed E-state index contributed by atoms with van der Waals surface area (Å²) in [5, 5.41) is 6.10. The van der Waals surface area contributed by atoms with Crippen LogP contribution < -0.4 is 14.5 Å². The highest BCUT2D eigenvalue weighted by Gasteiger charge is 2.13. The Kier molecular flexibility index (Phi) is 7.26. The van der Waals surface area contributed by atoms with Crippen LogP contribution in [-0.4, -0.2) is 19.4 Å². The van der Waals surface area contributed by atoms with Crippen LogP contribution >= 0.6 is 0 Å². The number of nitrogens with zero attached hydrogens (tertiary/aromatic N) is 2. The molecule has 0 atom stereocenters. The number of hydrogen-bond acceptors (Lipinski definition) is 4. The molecule has 0 aliphatic carbocycles. The van der Waals surface area contributed by atoms with Gasteiger partial charge in [0.15, 0.2) is 0 Å². The molecule has 0 aliphatic heterocycles. The molecule has 0 saturated carbocycles. The van der Waals surface area contributed by atoms with Crippen LogP contribution in [0.4, 0.5) is 23.2 Å². The monoisotopic (exact) mass is 418 g/mol. The Bertz CT molecular complexity index is 954. The molecule has 156 valence electrons. The maximum atomic E-state index is 12.8. The third-order valence-electron chi connectivity index (χ3n) is 3.99. The molecule has 0 aliphatic rings. The number of alkyl halides is 4. The molecule has 0 amide bonds. The van der Waals surface area contributed by atoms with E-state index in [4.69, 9.17) is 0 Å². The zero-order valence-corrected chi connectivity index (χ0v) is 15.7. The van der Waals surface area contributed by atoms with Gasteiger partial charge in [-0.2, -0.15) is 22.7 Å². The normalized spacial score (nSPS) is 11.3. The largest absolute Gasteiger partial charge is 0.435 e. The second-order valence-electron chi connectivity index (χ2n) is 6.08. The Hall–Kier alpha value is -3.55. The first-order valence-corrected chi connectivity index (χ1v) is 8.95. The molecule has 0 fully saturated rings. The summed E-state index contributed by atoms with van der Waals surface area (Å²) in [6, 6.07) is 22.4. The van der Waals surface area contributed by atoms with Gasteiger partial charge >= 0.3 is 13.2 Å². The third-order valence-corrected chi connectivity index (χ3v) is 3.99. The Balaban J connectivity index is 1.90. The summed E-state index contributed by atoms with van der Waals surface area (Å²) >= 11 is 0. The fraction of sp³-hybridized carbons (Fsp3) is 0.136. The Morgan fingerprint density at radius 2 is 1.43 bits per heavy atom. The number of benzene rings is 3. The van der Waals surface area contributed by atoms with Crippen molar-refractivity contribution in [3.8, 4) is 11.5 Å². The molecule has 3 aromatic rings. The van der Waals surface area contributed by atoms with Gasteiger partial charge < -0.3 is 9.47 Å². The van der Waals surface area contributed by atoms with Crippen LogP contribution in [-0.2, 0) is 6.54 Å². The van der Waals surface area contributed by atoms with Crippen molar-refractivity contribution >= 4 is 11.9 Å². The average molecular weight is 418 g/mol. The van der Waals surface area contributed by atoms with Crippen LogP contribution in [0.1, 0.15) is 11.1 Å². The molecule has 3 rings (SSSR count). The first kappa shape index (κ1) is 21.2. The Morgan fingerprint density at radius 1 is 0.800 bits per heavy atom. The van der Waals surface area contributed by atoms with Gasteiger partial charge in [0.2, 0.25) is 0 Å². The van der Waals surface area contributed by atoms with Gasteiger partial charge in [0.1, 0.15) is 11.5 Å². The van der Waals surface area contributed by atoms with Gasteiger partial charge in [-0.15, -0.1) is 0 Å². The molecule has 0 unspecified atom stereocenters. The van der Waals surface area contributed by atoms with Crippen molar-refractivity contribution < 1.29 is 27.0 Å². The molecule has 8 heteroatoms. The van der Waals surface area contributed by atoms with Crippen molar-refractivity contribution in [3.63, 3.8) is 0 Å². The fourth-order valence-corrected chi connectivity index (χ4v) is 2.68. The van der Waals surface area contributed by atoms with Crippen LogP contribution in [0.5, 0.6) is 11.5 Å². The molecular formula is C22H18F4N2O2. The Morgan fingerprint density at radius 3 is 2.07 bits per heavy atom. The van der Waals surface area contributed by atoms with E-state index in [-0.39, 0.29) is 17.1 Å². The van der Waals surface area contributed by atoms with E-state index in [1.807, 2.05) is 60.7 Å². The molecule has 0 radical (unpaired) electrons. The number of rotatable bonds is 9. The van der Waals surface area contributed by atoms with E-state index >= 15 is 0 Å². The highest BCUT2D eigenvalue weighted by atomic mass is 19.3. The van der Waals surface area contributed by atoms with Gasteiger partial charge in [0, 0.05) is 11.6 Å². The van der Waals surface area contributed by atoms with E-state index in [9.17, 15) is 17.6 Å². The molecule has 0 aromatic heterocycles. The van der Waals surface area contributed by atoms with Crippen molar-refractivity contribution in [2.45, 2.75) is 19.8 Å².